The minimum atomic E-state index is 0.465. The number of aryl methyl sites for hydroxylation is 1. The fourth-order valence-corrected chi connectivity index (χ4v) is 3.74. The lowest BCUT2D eigenvalue weighted by Crippen LogP contribution is -2.06. The summed E-state index contributed by atoms with van der Waals surface area (Å²) in [5.41, 5.74) is 4.19. The molecule has 0 spiro atoms. The van der Waals surface area contributed by atoms with Crippen LogP contribution < -0.4 is 5.32 Å². The molecule has 0 radical (unpaired) electrons. The second kappa shape index (κ2) is 4.39. The van der Waals surface area contributed by atoms with Gasteiger partial charge in [-0.05, 0) is 59.0 Å². The van der Waals surface area contributed by atoms with Crippen LogP contribution >= 0.6 is 11.3 Å². The number of hydrogen-bond acceptors (Lipinski definition) is 2. The second-order valence-corrected chi connectivity index (χ2v) is 6.06. The van der Waals surface area contributed by atoms with Gasteiger partial charge in [0.05, 0.1) is 6.04 Å². The molecule has 94 valence electrons. The highest BCUT2D eigenvalue weighted by Gasteiger charge is 2.21. The van der Waals surface area contributed by atoms with E-state index in [-0.39, 0.29) is 0 Å². The topological polar surface area (TPSA) is 12.0 Å². The summed E-state index contributed by atoms with van der Waals surface area (Å²) in [5.74, 6) is 0. The van der Waals surface area contributed by atoms with E-state index in [2.05, 4.69) is 59.2 Å². The number of fused-ring (bicyclic) bond motifs is 2. The second-order valence-electron chi connectivity index (χ2n) is 5.11. The van der Waals surface area contributed by atoms with Crippen molar-refractivity contribution in [2.75, 3.05) is 5.32 Å². The molecule has 1 aliphatic rings. The molecule has 0 saturated carbocycles. The number of rotatable bonds is 2. The number of thiophene rings is 1. The van der Waals surface area contributed by atoms with Gasteiger partial charge in [0.1, 0.15) is 0 Å². The molecule has 0 fully saturated rings. The first kappa shape index (κ1) is 11.1. The van der Waals surface area contributed by atoms with Crippen LogP contribution in [-0.4, -0.2) is 0 Å². The van der Waals surface area contributed by atoms with Crippen LogP contribution in [-0.2, 0) is 6.42 Å². The van der Waals surface area contributed by atoms with Crippen molar-refractivity contribution in [3.05, 3.63) is 65.0 Å². The van der Waals surface area contributed by atoms with Gasteiger partial charge in [-0.1, -0.05) is 24.3 Å². The summed E-state index contributed by atoms with van der Waals surface area (Å²) in [7, 11) is 0. The van der Waals surface area contributed by atoms with Gasteiger partial charge in [0, 0.05) is 10.4 Å². The van der Waals surface area contributed by atoms with Crippen LogP contribution in [0.1, 0.15) is 23.6 Å². The zero-order chi connectivity index (χ0) is 12.7. The van der Waals surface area contributed by atoms with Gasteiger partial charge in [-0.15, -0.1) is 11.3 Å². The van der Waals surface area contributed by atoms with Gasteiger partial charge in [0.2, 0.25) is 0 Å². The van der Waals surface area contributed by atoms with E-state index in [1.165, 1.54) is 39.7 Å². The molecule has 1 unspecified atom stereocenters. The van der Waals surface area contributed by atoms with Gasteiger partial charge in [-0.25, -0.2) is 0 Å². The van der Waals surface area contributed by atoms with Gasteiger partial charge in [-0.2, -0.15) is 0 Å². The Labute approximate surface area is 116 Å². The number of hydrogen-bond donors (Lipinski definition) is 1. The standard InChI is InChI=1S/C17H15NS/c1-2-4-15-12(3-1)5-7-16(15)18-14-6-8-17-13(11-14)9-10-19-17/h1-4,6,8-11,16,18H,5,7H2. The summed E-state index contributed by atoms with van der Waals surface area (Å²) in [6.07, 6.45) is 2.38. The number of anilines is 1. The fraction of sp³-hybridized carbons (Fsp3) is 0.176. The zero-order valence-electron chi connectivity index (χ0n) is 10.6. The first-order valence-electron chi connectivity index (χ1n) is 6.72. The van der Waals surface area contributed by atoms with Crippen LogP contribution in [0, 0.1) is 0 Å². The normalized spacial score (nSPS) is 17.6. The van der Waals surface area contributed by atoms with E-state index in [0.717, 1.165) is 0 Å². The van der Waals surface area contributed by atoms with Crippen LogP contribution in [0.15, 0.2) is 53.9 Å². The lowest BCUT2D eigenvalue weighted by atomic mass is 10.1. The molecule has 19 heavy (non-hydrogen) atoms. The Hall–Kier alpha value is -1.80. The Morgan fingerprint density at radius 3 is 3.00 bits per heavy atom. The molecule has 0 saturated heterocycles. The number of benzene rings is 2. The smallest absolute Gasteiger partial charge is 0.0519 e. The quantitative estimate of drug-likeness (QED) is 0.687. The summed E-state index contributed by atoms with van der Waals surface area (Å²) < 4.78 is 1.36. The Balaban J connectivity index is 1.65. The van der Waals surface area contributed by atoms with Crippen molar-refractivity contribution in [2.24, 2.45) is 0 Å². The van der Waals surface area contributed by atoms with E-state index < -0.39 is 0 Å². The Morgan fingerprint density at radius 1 is 1.05 bits per heavy atom. The maximum Gasteiger partial charge on any atom is 0.0519 e. The Kier molecular flexibility index (Phi) is 2.56. The number of nitrogens with one attached hydrogen (secondary N) is 1. The van der Waals surface area contributed by atoms with E-state index in [4.69, 9.17) is 0 Å². The molecular weight excluding hydrogens is 250 g/mol. The van der Waals surface area contributed by atoms with E-state index in [1.807, 2.05) is 0 Å². The molecule has 1 nitrogen and oxygen atoms in total. The Bertz CT molecular complexity index is 729. The lowest BCUT2D eigenvalue weighted by molar-refractivity contribution is 0.762. The van der Waals surface area contributed by atoms with Crippen LogP contribution in [0.25, 0.3) is 10.1 Å². The van der Waals surface area contributed by atoms with Crippen molar-refractivity contribution in [3.63, 3.8) is 0 Å². The molecule has 1 atom stereocenters. The molecule has 0 bridgehead atoms. The van der Waals surface area contributed by atoms with Crippen molar-refractivity contribution >= 4 is 27.1 Å². The van der Waals surface area contributed by atoms with E-state index in [9.17, 15) is 0 Å². The first-order valence-corrected chi connectivity index (χ1v) is 7.60. The largest absolute Gasteiger partial charge is 0.378 e. The molecular formula is C17H15NS. The first-order chi connectivity index (χ1) is 9.40. The minimum absolute atomic E-state index is 0.465. The van der Waals surface area contributed by atoms with Gasteiger partial charge < -0.3 is 5.32 Å². The van der Waals surface area contributed by atoms with Crippen molar-refractivity contribution in [2.45, 2.75) is 18.9 Å². The molecule has 0 aliphatic heterocycles. The van der Waals surface area contributed by atoms with Gasteiger partial charge >= 0.3 is 0 Å². The summed E-state index contributed by atoms with van der Waals surface area (Å²) in [6.45, 7) is 0. The third kappa shape index (κ3) is 1.92. The molecule has 1 heterocycles. The highest BCUT2D eigenvalue weighted by Crippen LogP contribution is 2.34. The van der Waals surface area contributed by atoms with Crippen LogP contribution in [0.5, 0.6) is 0 Å². The van der Waals surface area contributed by atoms with Crippen molar-refractivity contribution in [3.8, 4) is 0 Å². The molecule has 2 heteroatoms. The predicted molar refractivity (Wildman–Crippen MR) is 83.0 cm³/mol. The summed E-state index contributed by atoms with van der Waals surface area (Å²) in [4.78, 5) is 0. The Morgan fingerprint density at radius 2 is 2.00 bits per heavy atom. The zero-order valence-corrected chi connectivity index (χ0v) is 11.4. The molecule has 4 rings (SSSR count). The van der Waals surface area contributed by atoms with Crippen molar-refractivity contribution < 1.29 is 0 Å². The summed E-state index contributed by atoms with van der Waals surface area (Å²) in [6, 6.07) is 18.1. The molecule has 1 aliphatic carbocycles. The van der Waals surface area contributed by atoms with Crippen molar-refractivity contribution in [1.29, 1.82) is 0 Å². The minimum Gasteiger partial charge on any atom is -0.378 e. The van der Waals surface area contributed by atoms with E-state index in [1.54, 1.807) is 11.3 Å². The highest BCUT2D eigenvalue weighted by atomic mass is 32.1. The average molecular weight is 265 g/mol. The molecule has 1 aromatic heterocycles. The van der Waals surface area contributed by atoms with Gasteiger partial charge in [0.15, 0.2) is 0 Å². The van der Waals surface area contributed by atoms with Crippen LogP contribution in [0.2, 0.25) is 0 Å². The fourth-order valence-electron chi connectivity index (χ4n) is 2.96. The van der Waals surface area contributed by atoms with Crippen molar-refractivity contribution in [1.82, 2.24) is 0 Å². The molecule has 0 amide bonds. The van der Waals surface area contributed by atoms with Gasteiger partial charge in [-0.3, -0.25) is 0 Å². The van der Waals surface area contributed by atoms with E-state index in [0.29, 0.717) is 6.04 Å². The lowest BCUT2D eigenvalue weighted by Gasteiger charge is -2.15. The third-order valence-corrected chi connectivity index (χ3v) is 4.82. The summed E-state index contributed by atoms with van der Waals surface area (Å²) in [5, 5.41) is 7.17. The highest BCUT2D eigenvalue weighted by molar-refractivity contribution is 7.17. The van der Waals surface area contributed by atoms with Gasteiger partial charge in [0.25, 0.3) is 0 Å². The van der Waals surface area contributed by atoms with E-state index >= 15 is 0 Å². The average Bonchev–Trinajstić information content (AvgIpc) is 3.06. The molecule has 2 aromatic carbocycles. The SMILES string of the molecule is c1ccc2c(c1)CCC2Nc1ccc2sccc2c1. The van der Waals surface area contributed by atoms with Crippen LogP contribution in [0.4, 0.5) is 5.69 Å². The van der Waals surface area contributed by atoms with Crippen LogP contribution in [0.3, 0.4) is 0 Å². The summed E-state index contributed by atoms with van der Waals surface area (Å²) >= 11 is 1.80. The molecule has 1 N–H and O–H groups in total. The predicted octanol–water partition coefficient (Wildman–Crippen LogP) is 5.00. The molecule has 3 aromatic rings. The monoisotopic (exact) mass is 265 g/mol. The maximum absolute atomic E-state index is 3.68. The third-order valence-electron chi connectivity index (χ3n) is 3.93. The maximum atomic E-state index is 3.68.